The van der Waals surface area contributed by atoms with E-state index in [0.29, 0.717) is 12.8 Å². The smallest absolute Gasteiger partial charge is 0.306 e. The van der Waals surface area contributed by atoms with Crippen LogP contribution < -0.4 is 0 Å². The first kappa shape index (κ1) is 58.4. The van der Waals surface area contributed by atoms with E-state index in [0.717, 1.165) is 51.4 Å². The van der Waals surface area contributed by atoms with Crippen molar-refractivity contribution in [2.45, 2.75) is 224 Å². The molecule has 1 rings (SSSR count). The highest BCUT2D eigenvalue weighted by molar-refractivity contribution is 7.85. The van der Waals surface area contributed by atoms with Gasteiger partial charge in [0.2, 0.25) is 0 Å². The van der Waals surface area contributed by atoms with Crippen molar-refractivity contribution in [3.63, 3.8) is 0 Å². The maximum Gasteiger partial charge on any atom is 0.306 e. The van der Waals surface area contributed by atoms with Crippen molar-refractivity contribution in [1.29, 1.82) is 0 Å². The van der Waals surface area contributed by atoms with Crippen molar-refractivity contribution in [2.75, 3.05) is 19.0 Å². The van der Waals surface area contributed by atoms with Crippen molar-refractivity contribution in [1.82, 2.24) is 0 Å². The molecule has 0 spiro atoms. The van der Waals surface area contributed by atoms with Gasteiger partial charge in [-0.1, -0.05) is 184 Å². The molecule has 0 bridgehead atoms. The summed E-state index contributed by atoms with van der Waals surface area (Å²) in [5.74, 6) is -2.09. The summed E-state index contributed by atoms with van der Waals surface area (Å²) < 4.78 is 54.1. The van der Waals surface area contributed by atoms with Gasteiger partial charge >= 0.3 is 11.9 Å². The van der Waals surface area contributed by atoms with E-state index in [1.54, 1.807) is 0 Å². The Morgan fingerprint density at radius 3 is 1.48 bits per heavy atom. The van der Waals surface area contributed by atoms with Crippen LogP contribution in [0.2, 0.25) is 0 Å². The number of carbonyl (C=O) groups excluding carboxylic acids is 2. The van der Waals surface area contributed by atoms with Gasteiger partial charge in [0.1, 0.15) is 36.8 Å². The lowest BCUT2D eigenvalue weighted by molar-refractivity contribution is -0.297. The fraction of sp³-hybridized carbons (Fsp3) is 0.760. The molecule has 0 aromatic rings. The van der Waals surface area contributed by atoms with Crippen LogP contribution >= 0.6 is 0 Å². The number of hydrogen-bond donors (Lipinski definition) is 4. The lowest BCUT2D eigenvalue weighted by Crippen LogP contribution is -2.60. The summed E-state index contributed by atoms with van der Waals surface area (Å²) >= 11 is 0. The molecular formula is C50H86O12S. The van der Waals surface area contributed by atoms with E-state index in [4.69, 9.17) is 18.9 Å². The molecule has 1 aliphatic heterocycles. The molecule has 1 aliphatic rings. The molecule has 2 unspecified atom stereocenters. The standard InChI is InChI=1S/C50H86O12S/c1-3-5-7-9-11-13-15-17-19-21-22-23-25-26-28-30-32-34-36-38-45(51)59-40-43(41-60-50-49(55)48(54)47(53)44(62-50)42-63(56,57)58)61-46(52)39-37-35-33-31-29-27-24-20-18-16-14-12-10-8-6-4-2/h11,13,17,19,22-23,26,28,32,34,43-44,47-50,53-55H,3-10,12,14-16,18,20-21,24-25,27,29-31,33,35-42H2,1-2H3,(H,56,57,58)/b13-11+,19-17+,23-22+,28-26+,34-32+/t43-,44-,47-,48?,49?,50+/m1/s1. The monoisotopic (exact) mass is 911 g/mol. The van der Waals surface area contributed by atoms with E-state index in [9.17, 15) is 37.9 Å². The van der Waals surface area contributed by atoms with Crippen LogP contribution in [-0.2, 0) is 38.7 Å². The molecule has 1 fully saturated rings. The normalized spacial score (nSPS) is 20.3. The second-order valence-corrected chi connectivity index (χ2v) is 18.3. The third-order valence-electron chi connectivity index (χ3n) is 10.9. The first-order valence-electron chi connectivity index (χ1n) is 24.3. The molecule has 1 heterocycles. The van der Waals surface area contributed by atoms with E-state index in [1.165, 1.54) is 96.3 Å². The fourth-order valence-electron chi connectivity index (χ4n) is 7.07. The van der Waals surface area contributed by atoms with Crippen molar-refractivity contribution in [2.24, 2.45) is 0 Å². The van der Waals surface area contributed by atoms with Crippen molar-refractivity contribution >= 4 is 22.1 Å². The van der Waals surface area contributed by atoms with Crippen LogP contribution in [0.1, 0.15) is 187 Å². The molecule has 13 heteroatoms. The first-order valence-corrected chi connectivity index (χ1v) is 26.0. The van der Waals surface area contributed by atoms with Crippen LogP contribution in [0.3, 0.4) is 0 Å². The van der Waals surface area contributed by atoms with Gasteiger partial charge in [-0.2, -0.15) is 8.42 Å². The summed E-state index contributed by atoms with van der Waals surface area (Å²) in [4.78, 5) is 25.4. The van der Waals surface area contributed by atoms with Crippen molar-refractivity contribution < 1.29 is 56.8 Å². The Balaban J connectivity index is 2.46. The van der Waals surface area contributed by atoms with E-state index in [1.807, 2.05) is 12.2 Å². The second kappa shape index (κ2) is 39.7. The lowest BCUT2D eigenvalue weighted by Gasteiger charge is -2.40. The highest BCUT2D eigenvalue weighted by Crippen LogP contribution is 2.24. The SMILES string of the molecule is CCCCC/C=C/C/C=C/C/C=C/C/C=C/C/C=C/CCC(=O)OC[C@H](CO[C@H]1O[C@H](CS(=O)(=O)O)[C@@H](O)C(O)C1O)OC(=O)CCCCCCCCCCCCCCCCCC. The minimum atomic E-state index is -4.61. The number of rotatable bonds is 40. The molecule has 0 radical (unpaired) electrons. The topological polar surface area (TPSA) is 186 Å². The van der Waals surface area contributed by atoms with E-state index in [-0.39, 0.29) is 19.4 Å². The number of carbonyl (C=O) groups is 2. The maximum absolute atomic E-state index is 12.8. The predicted molar refractivity (Wildman–Crippen MR) is 252 cm³/mol. The summed E-state index contributed by atoms with van der Waals surface area (Å²) in [6, 6.07) is 0. The number of ether oxygens (including phenoxy) is 4. The van der Waals surface area contributed by atoms with Gasteiger partial charge in [-0.15, -0.1) is 0 Å². The second-order valence-electron chi connectivity index (χ2n) is 16.8. The Kier molecular flexibility index (Phi) is 36.8. The van der Waals surface area contributed by atoms with E-state index in [2.05, 4.69) is 62.5 Å². The maximum atomic E-state index is 12.8. The largest absolute Gasteiger partial charge is 0.462 e. The Morgan fingerprint density at radius 1 is 0.540 bits per heavy atom. The summed E-state index contributed by atoms with van der Waals surface area (Å²) in [7, 11) is -4.61. The molecule has 364 valence electrons. The molecule has 0 aliphatic carbocycles. The van der Waals surface area contributed by atoms with Crippen LogP contribution in [0, 0.1) is 0 Å². The zero-order valence-corrected chi connectivity index (χ0v) is 39.7. The van der Waals surface area contributed by atoms with Crippen LogP contribution in [0.25, 0.3) is 0 Å². The van der Waals surface area contributed by atoms with Crippen molar-refractivity contribution in [3.05, 3.63) is 60.8 Å². The van der Waals surface area contributed by atoms with Gasteiger partial charge in [0.15, 0.2) is 12.4 Å². The molecule has 1 saturated heterocycles. The Hall–Kier alpha value is -2.65. The molecule has 6 atom stereocenters. The number of allylic oxidation sites excluding steroid dienone is 10. The third-order valence-corrected chi connectivity index (χ3v) is 11.6. The fourth-order valence-corrected chi connectivity index (χ4v) is 7.76. The lowest BCUT2D eigenvalue weighted by atomic mass is 10.00. The summed E-state index contributed by atoms with van der Waals surface area (Å²) in [6.07, 6.45) is 39.9. The van der Waals surface area contributed by atoms with Crippen LogP contribution in [0.4, 0.5) is 0 Å². The quantitative estimate of drug-likeness (QED) is 0.0198. The van der Waals surface area contributed by atoms with Gasteiger partial charge in [0.05, 0.1) is 6.61 Å². The molecule has 0 saturated carbocycles. The van der Waals surface area contributed by atoms with Gasteiger partial charge in [0.25, 0.3) is 10.1 Å². The molecule has 0 aromatic heterocycles. The predicted octanol–water partition coefficient (Wildman–Crippen LogP) is 10.5. The van der Waals surface area contributed by atoms with Gasteiger partial charge in [0, 0.05) is 12.8 Å². The Labute approximate surface area is 381 Å². The Bertz CT molecular complexity index is 1390. The summed E-state index contributed by atoms with van der Waals surface area (Å²) in [5.41, 5.74) is 0. The minimum absolute atomic E-state index is 0.0949. The highest BCUT2D eigenvalue weighted by Gasteiger charge is 2.46. The summed E-state index contributed by atoms with van der Waals surface area (Å²) in [6.45, 7) is 3.68. The third kappa shape index (κ3) is 34.4. The average molecular weight is 911 g/mol. The highest BCUT2D eigenvalue weighted by atomic mass is 32.2. The zero-order valence-electron chi connectivity index (χ0n) is 38.9. The van der Waals surface area contributed by atoms with Gasteiger partial charge in [-0.25, -0.2) is 0 Å². The van der Waals surface area contributed by atoms with Gasteiger partial charge < -0.3 is 34.3 Å². The Morgan fingerprint density at radius 2 is 0.984 bits per heavy atom. The van der Waals surface area contributed by atoms with Gasteiger partial charge in [-0.3, -0.25) is 14.1 Å². The molecule has 4 N–H and O–H groups in total. The van der Waals surface area contributed by atoms with Gasteiger partial charge in [-0.05, 0) is 51.4 Å². The number of aliphatic hydroxyl groups excluding tert-OH is 3. The number of aliphatic hydroxyl groups is 3. The van der Waals surface area contributed by atoms with E-state index < -0.39 is 71.2 Å². The number of esters is 2. The average Bonchev–Trinajstić information content (AvgIpc) is 3.25. The van der Waals surface area contributed by atoms with Crippen molar-refractivity contribution in [3.8, 4) is 0 Å². The number of hydrogen-bond acceptors (Lipinski definition) is 11. The van der Waals surface area contributed by atoms with Crippen LogP contribution in [0.15, 0.2) is 60.8 Å². The number of unbranched alkanes of at least 4 members (excludes halogenated alkanes) is 18. The van der Waals surface area contributed by atoms with E-state index >= 15 is 0 Å². The first-order chi connectivity index (χ1) is 30.5. The molecule has 0 amide bonds. The minimum Gasteiger partial charge on any atom is -0.462 e. The molecular weight excluding hydrogens is 825 g/mol. The summed E-state index contributed by atoms with van der Waals surface area (Å²) in [5, 5.41) is 30.9. The molecule has 12 nitrogen and oxygen atoms in total. The van der Waals surface area contributed by atoms with Crippen LogP contribution in [0.5, 0.6) is 0 Å². The van der Waals surface area contributed by atoms with Crippen LogP contribution in [-0.4, -0.2) is 96.0 Å². The molecule has 0 aromatic carbocycles. The molecule has 63 heavy (non-hydrogen) atoms. The zero-order chi connectivity index (χ0) is 46.2.